The molecule has 16 heavy (non-hydrogen) atoms. The molecule has 0 atom stereocenters. The van der Waals surface area contributed by atoms with Gasteiger partial charge in [-0.3, -0.25) is 4.79 Å². The summed E-state index contributed by atoms with van der Waals surface area (Å²) in [5.41, 5.74) is 0. The van der Waals surface area contributed by atoms with E-state index in [0.717, 1.165) is 38.9 Å². The highest BCUT2D eigenvalue weighted by atomic mass is 16.2. The van der Waals surface area contributed by atoms with Gasteiger partial charge in [-0.15, -0.1) is 0 Å². The topological polar surface area (TPSA) is 23.6 Å². The summed E-state index contributed by atoms with van der Waals surface area (Å²) in [6.07, 6.45) is 5.21. The molecule has 0 aliphatic heterocycles. The van der Waals surface area contributed by atoms with Crippen LogP contribution >= 0.6 is 0 Å². The Balaban J connectivity index is 3.78. The number of hydrogen-bond donors (Lipinski definition) is 0. The molecular formula is C13H28N2O. The molecule has 0 aromatic carbocycles. The van der Waals surface area contributed by atoms with E-state index in [4.69, 9.17) is 0 Å². The Hall–Kier alpha value is -0.570. The van der Waals surface area contributed by atoms with Gasteiger partial charge in [-0.2, -0.15) is 0 Å². The van der Waals surface area contributed by atoms with Crippen molar-refractivity contribution in [1.82, 2.24) is 9.80 Å². The van der Waals surface area contributed by atoms with Crippen molar-refractivity contribution in [2.45, 2.75) is 46.0 Å². The number of amides is 1. The van der Waals surface area contributed by atoms with Crippen molar-refractivity contribution in [3.63, 3.8) is 0 Å². The van der Waals surface area contributed by atoms with Crippen LogP contribution in [0.1, 0.15) is 46.0 Å². The van der Waals surface area contributed by atoms with Gasteiger partial charge in [0, 0.05) is 19.5 Å². The highest BCUT2D eigenvalue weighted by molar-refractivity contribution is 5.75. The van der Waals surface area contributed by atoms with Gasteiger partial charge >= 0.3 is 0 Å². The van der Waals surface area contributed by atoms with Crippen LogP contribution in [0.4, 0.5) is 0 Å². The zero-order valence-corrected chi connectivity index (χ0v) is 11.5. The minimum absolute atomic E-state index is 0.304. The third kappa shape index (κ3) is 7.69. The fraction of sp³-hybridized carbons (Fsp3) is 0.923. The fourth-order valence-corrected chi connectivity index (χ4v) is 1.66. The molecule has 0 N–H and O–H groups in total. The van der Waals surface area contributed by atoms with Crippen LogP contribution < -0.4 is 0 Å². The Labute approximate surface area is 101 Å². The zero-order chi connectivity index (χ0) is 12.4. The first kappa shape index (κ1) is 15.4. The standard InChI is InChI=1S/C13H28N2O/c1-5-7-11-15(13(16)6-2)12-9-8-10-14(3)4/h5-12H2,1-4H3. The molecule has 0 radical (unpaired) electrons. The average Bonchev–Trinajstić information content (AvgIpc) is 2.26. The van der Waals surface area contributed by atoms with Crippen molar-refractivity contribution >= 4 is 5.91 Å². The Morgan fingerprint density at radius 3 is 2.00 bits per heavy atom. The van der Waals surface area contributed by atoms with Gasteiger partial charge in [-0.25, -0.2) is 0 Å². The van der Waals surface area contributed by atoms with E-state index in [2.05, 4.69) is 25.9 Å². The molecule has 3 heteroatoms. The normalized spacial score (nSPS) is 10.8. The molecule has 0 aliphatic rings. The number of hydrogen-bond acceptors (Lipinski definition) is 2. The van der Waals surface area contributed by atoms with Crippen LogP contribution in [0.3, 0.4) is 0 Å². The SMILES string of the molecule is CCCCN(CCCCN(C)C)C(=O)CC. The second-order valence-electron chi connectivity index (χ2n) is 4.60. The van der Waals surface area contributed by atoms with E-state index in [1.54, 1.807) is 0 Å². The lowest BCUT2D eigenvalue weighted by molar-refractivity contribution is -0.131. The van der Waals surface area contributed by atoms with E-state index in [0.29, 0.717) is 12.3 Å². The summed E-state index contributed by atoms with van der Waals surface area (Å²) in [6.45, 7) is 7.09. The van der Waals surface area contributed by atoms with Crippen molar-refractivity contribution in [3.05, 3.63) is 0 Å². The van der Waals surface area contributed by atoms with Crippen molar-refractivity contribution in [3.8, 4) is 0 Å². The predicted molar refractivity (Wildman–Crippen MR) is 69.6 cm³/mol. The first-order valence-electron chi connectivity index (χ1n) is 6.54. The smallest absolute Gasteiger partial charge is 0.222 e. The Morgan fingerprint density at radius 2 is 1.50 bits per heavy atom. The lowest BCUT2D eigenvalue weighted by Crippen LogP contribution is -2.32. The van der Waals surface area contributed by atoms with Gasteiger partial charge in [0.25, 0.3) is 0 Å². The molecule has 1 amide bonds. The van der Waals surface area contributed by atoms with Gasteiger partial charge in [0.15, 0.2) is 0 Å². The maximum absolute atomic E-state index is 11.7. The van der Waals surface area contributed by atoms with Crippen LogP contribution in [0.25, 0.3) is 0 Å². The van der Waals surface area contributed by atoms with E-state index in [1.165, 1.54) is 6.42 Å². The highest BCUT2D eigenvalue weighted by Crippen LogP contribution is 2.02. The van der Waals surface area contributed by atoms with Gasteiger partial charge in [0.2, 0.25) is 5.91 Å². The molecule has 0 aliphatic carbocycles. The molecule has 0 saturated heterocycles. The molecule has 0 saturated carbocycles. The number of nitrogens with zero attached hydrogens (tertiary/aromatic N) is 2. The number of rotatable bonds is 9. The monoisotopic (exact) mass is 228 g/mol. The summed E-state index contributed by atoms with van der Waals surface area (Å²) in [6, 6.07) is 0. The quantitative estimate of drug-likeness (QED) is 0.566. The van der Waals surface area contributed by atoms with Crippen LogP contribution in [0, 0.1) is 0 Å². The molecule has 96 valence electrons. The van der Waals surface area contributed by atoms with Gasteiger partial charge in [-0.05, 0) is 39.9 Å². The summed E-state index contributed by atoms with van der Waals surface area (Å²) in [7, 11) is 4.18. The first-order valence-corrected chi connectivity index (χ1v) is 6.54. The van der Waals surface area contributed by atoms with Gasteiger partial charge < -0.3 is 9.80 Å². The van der Waals surface area contributed by atoms with E-state index < -0.39 is 0 Å². The molecule has 0 heterocycles. The highest BCUT2D eigenvalue weighted by Gasteiger charge is 2.09. The second kappa shape index (κ2) is 9.64. The van der Waals surface area contributed by atoms with E-state index in [1.807, 2.05) is 11.8 Å². The second-order valence-corrected chi connectivity index (χ2v) is 4.60. The van der Waals surface area contributed by atoms with Gasteiger partial charge in [-0.1, -0.05) is 20.3 Å². The van der Waals surface area contributed by atoms with E-state index >= 15 is 0 Å². The molecular weight excluding hydrogens is 200 g/mol. The van der Waals surface area contributed by atoms with Crippen molar-refractivity contribution in [1.29, 1.82) is 0 Å². The molecule has 0 fully saturated rings. The van der Waals surface area contributed by atoms with Gasteiger partial charge in [0.1, 0.15) is 0 Å². The first-order chi connectivity index (χ1) is 7.61. The molecule has 0 unspecified atom stereocenters. The number of unbranched alkanes of at least 4 members (excludes halogenated alkanes) is 2. The van der Waals surface area contributed by atoms with Crippen LogP contribution in [0.5, 0.6) is 0 Å². The summed E-state index contributed by atoms with van der Waals surface area (Å²) in [5, 5.41) is 0. The molecule has 0 aromatic heterocycles. The minimum Gasteiger partial charge on any atom is -0.343 e. The molecule has 0 aromatic rings. The Bertz CT molecular complexity index is 181. The fourth-order valence-electron chi connectivity index (χ4n) is 1.66. The summed E-state index contributed by atoms with van der Waals surface area (Å²) < 4.78 is 0. The van der Waals surface area contributed by atoms with Crippen LogP contribution in [0.2, 0.25) is 0 Å². The Kier molecular flexibility index (Phi) is 9.30. The molecule has 3 nitrogen and oxygen atoms in total. The largest absolute Gasteiger partial charge is 0.343 e. The third-order valence-corrected chi connectivity index (χ3v) is 2.72. The number of carbonyl (C=O) groups excluding carboxylic acids is 1. The van der Waals surface area contributed by atoms with Crippen LogP contribution in [-0.4, -0.2) is 49.4 Å². The van der Waals surface area contributed by atoms with Gasteiger partial charge in [0.05, 0.1) is 0 Å². The van der Waals surface area contributed by atoms with E-state index in [-0.39, 0.29) is 0 Å². The summed E-state index contributed by atoms with van der Waals surface area (Å²) in [4.78, 5) is 15.9. The predicted octanol–water partition coefficient (Wildman–Crippen LogP) is 2.37. The zero-order valence-electron chi connectivity index (χ0n) is 11.5. The van der Waals surface area contributed by atoms with E-state index in [9.17, 15) is 4.79 Å². The van der Waals surface area contributed by atoms with Crippen LogP contribution in [0.15, 0.2) is 0 Å². The maximum atomic E-state index is 11.7. The minimum atomic E-state index is 0.304. The third-order valence-electron chi connectivity index (χ3n) is 2.72. The average molecular weight is 228 g/mol. The molecule has 0 spiro atoms. The lowest BCUT2D eigenvalue weighted by Gasteiger charge is -2.22. The number of carbonyl (C=O) groups is 1. The molecule has 0 bridgehead atoms. The van der Waals surface area contributed by atoms with Crippen LogP contribution in [-0.2, 0) is 4.79 Å². The lowest BCUT2D eigenvalue weighted by atomic mass is 10.2. The molecule has 0 rings (SSSR count). The van der Waals surface area contributed by atoms with Crippen molar-refractivity contribution < 1.29 is 4.79 Å². The summed E-state index contributed by atoms with van der Waals surface area (Å²) >= 11 is 0. The Morgan fingerprint density at radius 1 is 0.938 bits per heavy atom. The maximum Gasteiger partial charge on any atom is 0.222 e. The summed E-state index contributed by atoms with van der Waals surface area (Å²) in [5.74, 6) is 0.304. The van der Waals surface area contributed by atoms with Crippen molar-refractivity contribution in [2.24, 2.45) is 0 Å². The van der Waals surface area contributed by atoms with Crippen molar-refractivity contribution in [2.75, 3.05) is 33.7 Å².